The third-order valence-corrected chi connectivity index (χ3v) is 1.73. The average molecular weight is 402 g/mol. The van der Waals surface area contributed by atoms with E-state index in [4.69, 9.17) is 28.4 Å². The minimum Gasteiger partial charge on any atom is -1.00 e. The Bertz CT molecular complexity index is 109. The molecule has 120 valence electrons. The molecule has 0 fully saturated rings. The molecule has 0 saturated heterocycles. The maximum atomic E-state index is 5.06. The fourth-order valence-electron chi connectivity index (χ4n) is 0.773. The van der Waals surface area contributed by atoms with Crippen molar-refractivity contribution in [3.05, 3.63) is 0 Å². The molecule has 0 aromatic carbocycles. The molecule has 0 rings (SSSR count). The van der Waals surface area contributed by atoms with Gasteiger partial charge in [-0.25, -0.2) is 0 Å². The molecular weight excluding hydrogens is 374 g/mol. The molecule has 8 heteroatoms. The van der Waals surface area contributed by atoms with Gasteiger partial charge in [0.1, 0.15) is 0 Å². The van der Waals surface area contributed by atoms with Crippen LogP contribution in [0.15, 0.2) is 0 Å². The smallest absolute Gasteiger partial charge is 1.00 e. The summed E-state index contributed by atoms with van der Waals surface area (Å²) in [5.41, 5.74) is 0. The predicted molar refractivity (Wildman–Crippen MR) is 69.1 cm³/mol. The maximum absolute atomic E-state index is 5.06. The molecule has 0 amide bonds. The largest absolute Gasteiger partial charge is 1.00 e. The second kappa shape index (κ2) is 32.2. The van der Waals surface area contributed by atoms with Crippen molar-refractivity contribution in [2.45, 2.75) is 0 Å². The first kappa shape index (κ1) is 29.1. The van der Waals surface area contributed by atoms with Crippen LogP contribution >= 0.6 is 0 Å². The number of ether oxygens (including phenoxy) is 6. The Morgan fingerprint density at radius 1 is 0.450 bits per heavy atom. The van der Waals surface area contributed by atoms with E-state index in [-0.39, 0.29) is 42.8 Å². The molecule has 0 aromatic rings. The standard InChI is InChI=1S/2C6H14O3.HI.Li/c2*1-7-3-5-9-6-4-8-2;;/h2*3-6H2,1-2H3;1H;/q;;;+1/p-1. The Balaban J connectivity index is -0.000000116. The second-order valence-corrected chi connectivity index (χ2v) is 3.20. The second-order valence-electron chi connectivity index (χ2n) is 3.20. The summed E-state index contributed by atoms with van der Waals surface area (Å²) in [7, 11) is 6.61. The maximum Gasteiger partial charge on any atom is 1.00 e. The van der Waals surface area contributed by atoms with Crippen LogP contribution in [-0.4, -0.2) is 81.3 Å². The van der Waals surface area contributed by atoms with Gasteiger partial charge in [-0.2, -0.15) is 0 Å². The van der Waals surface area contributed by atoms with Crippen molar-refractivity contribution in [3.63, 3.8) is 0 Å². The van der Waals surface area contributed by atoms with Crippen molar-refractivity contribution < 1.29 is 71.3 Å². The van der Waals surface area contributed by atoms with Crippen LogP contribution in [-0.2, 0) is 28.4 Å². The van der Waals surface area contributed by atoms with Crippen LogP contribution in [0.1, 0.15) is 0 Å². The van der Waals surface area contributed by atoms with Gasteiger partial charge in [-0.1, -0.05) is 0 Å². The van der Waals surface area contributed by atoms with E-state index in [9.17, 15) is 0 Å². The van der Waals surface area contributed by atoms with Gasteiger partial charge in [-0.3, -0.25) is 0 Å². The van der Waals surface area contributed by atoms with Gasteiger partial charge in [0.25, 0.3) is 0 Å². The number of hydrogen-bond acceptors (Lipinski definition) is 6. The van der Waals surface area contributed by atoms with Crippen LogP contribution in [0.3, 0.4) is 0 Å². The zero-order chi connectivity index (χ0) is 13.9. The summed E-state index contributed by atoms with van der Waals surface area (Å²) in [5.74, 6) is 0. The van der Waals surface area contributed by atoms with Crippen molar-refractivity contribution in [3.8, 4) is 0 Å². The molecule has 0 aromatic heterocycles. The Morgan fingerprint density at radius 3 is 0.800 bits per heavy atom. The zero-order valence-electron chi connectivity index (χ0n) is 13.5. The SMILES string of the molecule is COCCOCCOC.COCCOCCOC.[I-].[Li+]. The number of rotatable bonds is 12. The van der Waals surface area contributed by atoms with Gasteiger partial charge in [0.15, 0.2) is 0 Å². The van der Waals surface area contributed by atoms with Crippen LogP contribution in [0.4, 0.5) is 0 Å². The third kappa shape index (κ3) is 36.5. The summed E-state index contributed by atoms with van der Waals surface area (Å²) in [6.45, 7) is 5.24. The Hall–Kier alpha value is 1.09. The Kier molecular flexibility index (Phi) is 46.8. The van der Waals surface area contributed by atoms with Gasteiger partial charge in [-0.05, 0) is 0 Å². The van der Waals surface area contributed by atoms with Crippen molar-refractivity contribution in [2.24, 2.45) is 0 Å². The van der Waals surface area contributed by atoms with Crippen LogP contribution in [0.25, 0.3) is 0 Å². The topological polar surface area (TPSA) is 55.4 Å². The minimum atomic E-state index is 0. The molecular formula is C12H28ILiO6. The Morgan fingerprint density at radius 2 is 0.650 bits per heavy atom. The van der Waals surface area contributed by atoms with Crippen LogP contribution < -0.4 is 42.8 Å². The molecule has 0 aliphatic rings. The minimum absolute atomic E-state index is 0. The zero-order valence-corrected chi connectivity index (χ0v) is 15.6. The van der Waals surface area contributed by atoms with Crippen molar-refractivity contribution in [2.75, 3.05) is 81.3 Å². The number of halogens is 1. The summed E-state index contributed by atoms with van der Waals surface area (Å²) in [6, 6.07) is 0. The van der Waals surface area contributed by atoms with E-state index in [1.807, 2.05) is 0 Å². The fourth-order valence-corrected chi connectivity index (χ4v) is 0.773. The first-order valence-corrected chi connectivity index (χ1v) is 5.94. The van der Waals surface area contributed by atoms with Gasteiger partial charge < -0.3 is 52.4 Å². The van der Waals surface area contributed by atoms with E-state index >= 15 is 0 Å². The van der Waals surface area contributed by atoms with E-state index in [0.29, 0.717) is 52.9 Å². The van der Waals surface area contributed by atoms with Crippen molar-refractivity contribution in [1.82, 2.24) is 0 Å². The Labute approximate surface area is 152 Å². The van der Waals surface area contributed by atoms with Gasteiger partial charge in [0.2, 0.25) is 0 Å². The van der Waals surface area contributed by atoms with E-state index in [1.54, 1.807) is 28.4 Å². The molecule has 0 saturated carbocycles. The summed E-state index contributed by atoms with van der Waals surface area (Å²) in [6.07, 6.45) is 0. The predicted octanol–water partition coefficient (Wildman–Crippen LogP) is -5.40. The van der Waals surface area contributed by atoms with Crippen LogP contribution in [0.5, 0.6) is 0 Å². The first-order chi connectivity index (χ1) is 8.83. The quantitative estimate of drug-likeness (QED) is 0.185. The molecule has 0 bridgehead atoms. The molecule has 0 atom stereocenters. The number of methoxy groups -OCH3 is 4. The third-order valence-electron chi connectivity index (χ3n) is 1.73. The average Bonchev–Trinajstić information content (AvgIpc) is 2.39. The van der Waals surface area contributed by atoms with Gasteiger partial charge in [0, 0.05) is 28.4 Å². The van der Waals surface area contributed by atoms with E-state index in [2.05, 4.69) is 0 Å². The molecule has 0 N–H and O–H groups in total. The van der Waals surface area contributed by atoms with Crippen LogP contribution in [0.2, 0.25) is 0 Å². The van der Waals surface area contributed by atoms with Crippen molar-refractivity contribution in [1.29, 1.82) is 0 Å². The van der Waals surface area contributed by atoms with Gasteiger partial charge in [-0.15, -0.1) is 0 Å². The molecule has 0 aliphatic heterocycles. The molecule has 0 spiro atoms. The fraction of sp³-hybridized carbons (Fsp3) is 1.00. The summed E-state index contributed by atoms with van der Waals surface area (Å²) >= 11 is 0. The summed E-state index contributed by atoms with van der Waals surface area (Å²) in [4.78, 5) is 0. The number of hydrogen-bond donors (Lipinski definition) is 0. The summed E-state index contributed by atoms with van der Waals surface area (Å²) in [5, 5.41) is 0. The molecule has 0 unspecified atom stereocenters. The van der Waals surface area contributed by atoms with E-state index < -0.39 is 0 Å². The van der Waals surface area contributed by atoms with Crippen LogP contribution in [0, 0.1) is 0 Å². The monoisotopic (exact) mass is 402 g/mol. The van der Waals surface area contributed by atoms with Gasteiger partial charge in [0.05, 0.1) is 52.9 Å². The molecule has 6 nitrogen and oxygen atoms in total. The van der Waals surface area contributed by atoms with E-state index in [0.717, 1.165) is 0 Å². The normalized spacial score (nSPS) is 9.00. The molecule has 20 heavy (non-hydrogen) atoms. The molecule has 0 heterocycles. The van der Waals surface area contributed by atoms with Gasteiger partial charge >= 0.3 is 18.9 Å². The molecule has 0 radical (unpaired) electrons. The molecule has 0 aliphatic carbocycles. The van der Waals surface area contributed by atoms with Crippen molar-refractivity contribution >= 4 is 0 Å². The summed E-state index contributed by atoms with van der Waals surface area (Å²) < 4.78 is 29.2. The first-order valence-electron chi connectivity index (χ1n) is 5.94. The van der Waals surface area contributed by atoms with E-state index in [1.165, 1.54) is 0 Å².